The maximum atomic E-state index is 11.5. The van der Waals surface area contributed by atoms with Gasteiger partial charge in [0.25, 0.3) is 0 Å². The molecule has 1 saturated heterocycles. The molecule has 2 N–H and O–H groups in total. The zero-order valence-electron chi connectivity index (χ0n) is 16.6. The van der Waals surface area contributed by atoms with Crippen molar-refractivity contribution in [1.82, 2.24) is 15.5 Å². The van der Waals surface area contributed by atoms with Gasteiger partial charge in [-0.2, -0.15) is 0 Å². The van der Waals surface area contributed by atoms with E-state index in [-0.39, 0.29) is 24.0 Å². The van der Waals surface area contributed by atoms with E-state index in [9.17, 15) is 8.42 Å². The van der Waals surface area contributed by atoms with E-state index in [2.05, 4.69) is 27.4 Å². The maximum Gasteiger partial charge on any atom is 0.190 e. The highest BCUT2D eigenvalue weighted by Crippen LogP contribution is 2.15. The van der Waals surface area contributed by atoms with Crippen LogP contribution in [-0.2, 0) is 16.3 Å². The van der Waals surface area contributed by atoms with Gasteiger partial charge in [0.15, 0.2) is 15.8 Å². The first kappa shape index (κ1) is 24.2. The first-order valence-corrected chi connectivity index (χ1v) is 11.3. The molecule has 8 heteroatoms. The lowest BCUT2D eigenvalue weighted by Crippen LogP contribution is -2.41. The molecule has 1 unspecified atom stereocenters. The Morgan fingerprint density at radius 3 is 2.56 bits per heavy atom. The Bertz CT molecular complexity index is 692. The van der Waals surface area contributed by atoms with E-state index in [1.54, 1.807) is 19.2 Å². The summed E-state index contributed by atoms with van der Waals surface area (Å²) in [6.07, 6.45) is 4.51. The highest BCUT2D eigenvalue weighted by atomic mass is 127. The van der Waals surface area contributed by atoms with Crippen LogP contribution < -0.4 is 10.6 Å². The quantitative estimate of drug-likeness (QED) is 0.320. The van der Waals surface area contributed by atoms with Crippen LogP contribution in [0.25, 0.3) is 0 Å². The summed E-state index contributed by atoms with van der Waals surface area (Å²) >= 11 is 0. The third kappa shape index (κ3) is 8.35. The van der Waals surface area contributed by atoms with Crippen LogP contribution in [-0.4, -0.2) is 65.3 Å². The van der Waals surface area contributed by atoms with E-state index in [1.807, 2.05) is 12.1 Å². The number of guanidine groups is 1. The van der Waals surface area contributed by atoms with Gasteiger partial charge in [-0.3, -0.25) is 4.99 Å². The summed E-state index contributed by atoms with van der Waals surface area (Å²) in [7, 11) is -1.34. The number of sulfone groups is 1. The van der Waals surface area contributed by atoms with Crippen molar-refractivity contribution in [1.29, 1.82) is 0 Å². The van der Waals surface area contributed by atoms with Crippen LogP contribution in [0.4, 0.5) is 0 Å². The first-order valence-electron chi connectivity index (χ1n) is 9.38. The monoisotopic (exact) mass is 508 g/mol. The fourth-order valence-corrected chi connectivity index (χ4v) is 3.92. The molecule has 1 aliphatic rings. The number of rotatable bonds is 8. The summed E-state index contributed by atoms with van der Waals surface area (Å²) in [6.45, 7) is 7.50. The summed E-state index contributed by atoms with van der Waals surface area (Å²) < 4.78 is 23.0. The third-order valence-electron chi connectivity index (χ3n) is 4.75. The van der Waals surface area contributed by atoms with Crippen molar-refractivity contribution in [3.63, 3.8) is 0 Å². The largest absolute Gasteiger partial charge is 0.356 e. The van der Waals surface area contributed by atoms with Crippen molar-refractivity contribution in [2.24, 2.45) is 10.9 Å². The predicted molar refractivity (Wildman–Crippen MR) is 123 cm³/mol. The Balaban J connectivity index is 0.00000364. The highest BCUT2D eigenvalue weighted by Gasteiger charge is 2.21. The second kappa shape index (κ2) is 11.9. The van der Waals surface area contributed by atoms with Crippen LogP contribution >= 0.6 is 24.0 Å². The topological polar surface area (TPSA) is 73.8 Å². The van der Waals surface area contributed by atoms with Gasteiger partial charge < -0.3 is 15.5 Å². The van der Waals surface area contributed by atoms with Crippen LogP contribution in [0, 0.1) is 5.92 Å². The van der Waals surface area contributed by atoms with Crippen molar-refractivity contribution in [2.45, 2.75) is 31.1 Å². The standard InChI is InChI=1S/C19H32N4O2S.HI/c1-4-12-23-13-10-17(15-23)14-22-19(20-2)21-11-9-16-5-7-18(8-6-16)26(3,24)25;/h5-8,17H,4,9-15H2,1-3H3,(H2,20,21,22);1H. The number of nitrogens with one attached hydrogen (secondary N) is 2. The second-order valence-corrected chi connectivity index (χ2v) is 9.02. The number of halogens is 1. The Morgan fingerprint density at radius 2 is 1.96 bits per heavy atom. The minimum Gasteiger partial charge on any atom is -0.356 e. The van der Waals surface area contributed by atoms with Gasteiger partial charge in [-0.05, 0) is 56.0 Å². The van der Waals surface area contributed by atoms with Crippen LogP contribution in [0.3, 0.4) is 0 Å². The molecule has 1 aliphatic heterocycles. The fraction of sp³-hybridized carbons (Fsp3) is 0.632. The molecule has 2 rings (SSSR count). The molecule has 0 spiro atoms. The summed E-state index contributed by atoms with van der Waals surface area (Å²) in [5.74, 6) is 1.51. The zero-order valence-corrected chi connectivity index (χ0v) is 19.7. The van der Waals surface area contributed by atoms with Crippen LogP contribution in [0.15, 0.2) is 34.2 Å². The van der Waals surface area contributed by atoms with Crippen molar-refractivity contribution >= 4 is 39.8 Å². The average Bonchev–Trinajstić information content (AvgIpc) is 3.05. The molecule has 1 atom stereocenters. The number of aliphatic imine (C=N–C) groups is 1. The number of benzene rings is 1. The number of hydrogen-bond acceptors (Lipinski definition) is 4. The Labute approximate surface area is 181 Å². The molecule has 0 bridgehead atoms. The normalized spacial score (nSPS) is 18.2. The zero-order chi connectivity index (χ0) is 19.0. The fourth-order valence-electron chi connectivity index (χ4n) is 3.29. The molecule has 0 aromatic heterocycles. The van der Waals surface area contributed by atoms with Crippen LogP contribution in [0.5, 0.6) is 0 Å². The average molecular weight is 508 g/mol. The minimum absolute atomic E-state index is 0. The van der Waals surface area contributed by atoms with Crippen LogP contribution in [0.1, 0.15) is 25.3 Å². The van der Waals surface area contributed by atoms with Gasteiger partial charge in [-0.25, -0.2) is 8.42 Å². The minimum atomic E-state index is -3.13. The molecule has 0 saturated carbocycles. The van der Waals surface area contributed by atoms with Crippen molar-refractivity contribution < 1.29 is 8.42 Å². The van der Waals surface area contributed by atoms with Crippen molar-refractivity contribution in [2.75, 3.05) is 46.0 Å². The van der Waals surface area contributed by atoms with Crippen molar-refractivity contribution in [3.8, 4) is 0 Å². The molecule has 0 radical (unpaired) electrons. The molecule has 1 aromatic rings. The summed E-state index contributed by atoms with van der Waals surface area (Å²) in [6, 6.07) is 7.07. The van der Waals surface area contributed by atoms with Gasteiger partial charge in [-0.15, -0.1) is 24.0 Å². The molecule has 0 amide bonds. The van der Waals surface area contributed by atoms with Crippen molar-refractivity contribution in [3.05, 3.63) is 29.8 Å². The molecule has 1 fully saturated rings. The molecule has 1 aromatic carbocycles. The lowest BCUT2D eigenvalue weighted by atomic mass is 10.1. The summed E-state index contributed by atoms with van der Waals surface area (Å²) in [5.41, 5.74) is 1.10. The van der Waals surface area contributed by atoms with E-state index in [1.165, 1.54) is 38.7 Å². The predicted octanol–water partition coefficient (Wildman–Crippen LogP) is 2.15. The second-order valence-electron chi connectivity index (χ2n) is 7.00. The Morgan fingerprint density at radius 1 is 1.26 bits per heavy atom. The van der Waals surface area contributed by atoms with Gasteiger partial charge >= 0.3 is 0 Å². The lowest BCUT2D eigenvalue weighted by molar-refractivity contribution is 0.324. The third-order valence-corrected chi connectivity index (χ3v) is 5.88. The smallest absolute Gasteiger partial charge is 0.190 e. The molecule has 27 heavy (non-hydrogen) atoms. The molecule has 1 heterocycles. The van der Waals surface area contributed by atoms with E-state index in [4.69, 9.17) is 0 Å². The molecule has 154 valence electrons. The summed E-state index contributed by atoms with van der Waals surface area (Å²) in [5, 5.41) is 6.75. The van der Waals surface area contributed by atoms with E-state index >= 15 is 0 Å². The lowest BCUT2D eigenvalue weighted by Gasteiger charge is -2.17. The number of likely N-dealkylation sites (tertiary alicyclic amines) is 1. The number of hydrogen-bond donors (Lipinski definition) is 2. The van der Waals surface area contributed by atoms with Gasteiger partial charge in [0.1, 0.15) is 0 Å². The molecular weight excluding hydrogens is 475 g/mol. The van der Waals surface area contributed by atoms with E-state index in [0.717, 1.165) is 31.0 Å². The SMILES string of the molecule is CCCN1CCC(CNC(=NC)NCCc2ccc(S(C)(=O)=O)cc2)C1.I. The number of nitrogens with zero attached hydrogens (tertiary/aromatic N) is 2. The van der Waals surface area contributed by atoms with E-state index < -0.39 is 9.84 Å². The maximum absolute atomic E-state index is 11.5. The Kier molecular flexibility index (Phi) is 10.6. The van der Waals surface area contributed by atoms with Gasteiger partial charge in [0, 0.05) is 32.9 Å². The van der Waals surface area contributed by atoms with Gasteiger partial charge in [0.2, 0.25) is 0 Å². The van der Waals surface area contributed by atoms with E-state index in [0.29, 0.717) is 10.8 Å². The van der Waals surface area contributed by atoms with Gasteiger partial charge in [0.05, 0.1) is 4.90 Å². The molecule has 0 aliphatic carbocycles. The highest BCUT2D eigenvalue weighted by molar-refractivity contribution is 14.0. The first-order chi connectivity index (χ1) is 12.4. The summed E-state index contributed by atoms with van der Waals surface area (Å²) in [4.78, 5) is 7.18. The van der Waals surface area contributed by atoms with Gasteiger partial charge in [-0.1, -0.05) is 19.1 Å². The molecular formula is C19H33IN4O2S. The van der Waals surface area contributed by atoms with Crippen LogP contribution in [0.2, 0.25) is 0 Å². The Hall–Kier alpha value is -0.870. The molecule has 6 nitrogen and oxygen atoms in total.